The number of hydrogen-bond donors (Lipinski definition) is 1. The van der Waals surface area contributed by atoms with Gasteiger partial charge in [0.1, 0.15) is 11.6 Å². The number of ether oxygens (including phenoxy) is 1. The topological polar surface area (TPSA) is 93.5 Å². The largest absolute Gasteiger partial charge is 0.379 e. The van der Waals surface area contributed by atoms with Gasteiger partial charge < -0.3 is 14.6 Å². The minimum atomic E-state index is -3.63. The average molecular weight is 495 g/mol. The van der Waals surface area contributed by atoms with E-state index in [9.17, 15) is 17.6 Å². The van der Waals surface area contributed by atoms with Crippen LogP contribution in [0.2, 0.25) is 5.02 Å². The molecule has 2 heterocycles. The Bertz CT molecular complexity index is 1290. The van der Waals surface area contributed by atoms with Gasteiger partial charge >= 0.3 is 0 Å². The highest BCUT2D eigenvalue weighted by molar-refractivity contribution is 7.89. The Morgan fingerprint density at radius 3 is 2.67 bits per heavy atom. The number of carbonyl (C=O) groups is 1. The summed E-state index contributed by atoms with van der Waals surface area (Å²) >= 11 is 5.97. The van der Waals surface area contributed by atoms with E-state index in [2.05, 4.69) is 10.3 Å². The van der Waals surface area contributed by atoms with Gasteiger partial charge in [-0.2, -0.15) is 4.31 Å². The first-order chi connectivity index (χ1) is 15.8. The fraction of sp³-hybridized carbons (Fsp3) is 0.364. The fourth-order valence-electron chi connectivity index (χ4n) is 3.83. The van der Waals surface area contributed by atoms with Crippen molar-refractivity contribution in [3.63, 3.8) is 0 Å². The summed E-state index contributed by atoms with van der Waals surface area (Å²) in [7, 11) is -3.63. The normalized spacial score (nSPS) is 15.1. The number of fused-ring (bicyclic) bond motifs is 1. The van der Waals surface area contributed by atoms with Crippen LogP contribution < -0.4 is 5.32 Å². The molecule has 0 saturated carbocycles. The maximum absolute atomic E-state index is 13.2. The van der Waals surface area contributed by atoms with E-state index in [4.69, 9.17) is 16.3 Å². The lowest BCUT2D eigenvalue weighted by atomic mass is 10.2. The van der Waals surface area contributed by atoms with Crippen molar-refractivity contribution in [3.8, 4) is 0 Å². The van der Waals surface area contributed by atoms with Crippen LogP contribution in [0.3, 0.4) is 0 Å². The third kappa shape index (κ3) is 5.03. The number of halogens is 2. The molecular weight excluding hydrogens is 471 g/mol. The van der Waals surface area contributed by atoms with Crippen LogP contribution in [-0.4, -0.2) is 54.5 Å². The van der Waals surface area contributed by atoms with Crippen LogP contribution in [0.25, 0.3) is 11.0 Å². The number of aryl methyl sites for hydroxylation is 2. The quantitative estimate of drug-likeness (QED) is 0.543. The molecule has 1 N–H and O–H groups in total. The maximum Gasteiger partial charge on any atom is 0.243 e. The van der Waals surface area contributed by atoms with Gasteiger partial charge in [0.15, 0.2) is 0 Å². The van der Waals surface area contributed by atoms with Gasteiger partial charge in [-0.25, -0.2) is 17.8 Å². The van der Waals surface area contributed by atoms with Crippen LogP contribution in [-0.2, 0) is 32.5 Å². The molecule has 11 heteroatoms. The van der Waals surface area contributed by atoms with E-state index in [1.807, 2.05) is 11.5 Å². The molecule has 0 atom stereocenters. The molecule has 0 spiro atoms. The summed E-state index contributed by atoms with van der Waals surface area (Å²) in [6, 6.07) is 8.69. The Morgan fingerprint density at radius 2 is 1.97 bits per heavy atom. The van der Waals surface area contributed by atoms with Crippen molar-refractivity contribution in [2.24, 2.45) is 0 Å². The first-order valence-corrected chi connectivity index (χ1v) is 12.4. The number of morpholine rings is 1. The molecule has 1 saturated heterocycles. The Hall–Kier alpha value is -2.53. The van der Waals surface area contributed by atoms with E-state index in [-0.39, 0.29) is 22.2 Å². The summed E-state index contributed by atoms with van der Waals surface area (Å²) in [6.45, 7) is 3.97. The van der Waals surface area contributed by atoms with Gasteiger partial charge in [0.2, 0.25) is 15.9 Å². The lowest BCUT2D eigenvalue weighted by Gasteiger charge is -2.26. The Labute approximate surface area is 196 Å². The van der Waals surface area contributed by atoms with Gasteiger partial charge in [0, 0.05) is 32.5 Å². The van der Waals surface area contributed by atoms with E-state index in [0.29, 0.717) is 56.3 Å². The summed E-state index contributed by atoms with van der Waals surface area (Å²) < 4.78 is 47.8. The second-order valence-electron chi connectivity index (χ2n) is 7.61. The van der Waals surface area contributed by atoms with Gasteiger partial charge in [0.25, 0.3) is 0 Å². The number of imidazole rings is 1. The molecule has 0 aliphatic carbocycles. The molecule has 0 unspecified atom stereocenters. The Balaban J connectivity index is 1.52. The summed E-state index contributed by atoms with van der Waals surface area (Å²) in [6.07, 6.45) is 0.481. The van der Waals surface area contributed by atoms with Gasteiger partial charge in [0.05, 0.1) is 39.9 Å². The molecule has 1 aromatic heterocycles. The van der Waals surface area contributed by atoms with E-state index in [0.717, 1.165) is 11.6 Å². The lowest BCUT2D eigenvalue weighted by Crippen LogP contribution is -2.40. The highest BCUT2D eigenvalue weighted by Crippen LogP contribution is 2.25. The number of nitrogens with one attached hydrogen (secondary N) is 1. The van der Waals surface area contributed by atoms with Crippen molar-refractivity contribution in [3.05, 3.63) is 53.1 Å². The predicted octanol–water partition coefficient (Wildman–Crippen LogP) is 3.44. The molecular formula is C22H24ClFN4O4S. The number of anilines is 1. The minimum absolute atomic E-state index is 0.123. The molecule has 1 amide bonds. The molecule has 0 radical (unpaired) electrons. The first-order valence-electron chi connectivity index (χ1n) is 10.6. The van der Waals surface area contributed by atoms with Crippen LogP contribution in [0, 0.1) is 5.82 Å². The standard InChI is InChI=1S/C22H24ClFN4O4S/c1-2-28-20-6-4-16(33(30,31)27-9-11-32-12-10-27)14-19(20)25-21(28)7-8-22(29)26-18-5-3-15(24)13-17(18)23/h3-6,13-14H,2,7-12H2,1H3,(H,26,29). The number of amides is 1. The predicted molar refractivity (Wildman–Crippen MR) is 123 cm³/mol. The third-order valence-electron chi connectivity index (χ3n) is 5.50. The number of rotatable bonds is 7. The average Bonchev–Trinajstić information content (AvgIpc) is 3.17. The summed E-state index contributed by atoms with van der Waals surface area (Å²) in [5, 5.41) is 2.80. The maximum atomic E-state index is 13.2. The molecule has 3 aromatic rings. The number of aromatic nitrogens is 2. The van der Waals surface area contributed by atoms with E-state index in [1.54, 1.807) is 18.2 Å². The second kappa shape index (κ2) is 9.76. The van der Waals surface area contributed by atoms with E-state index in [1.165, 1.54) is 16.4 Å². The lowest BCUT2D eigenvalue weighted by molar-refractivity contribution is -0.116. The number of nitrogens with zero attached hydrogens (tertiary/aromatic N) is 3. The van der Waals surface area contributed by atoms with Crippen LogP contribution in [0.5, 0.6) is 0 Å². The number of benzene rings is 2. The molecule has 0 bridgehead atoms. The van der Waals surface area contributed by atoms with Crippen molar-refractivity contribution in [2.45, 2.75) is 31.2 Å². The van der Waals surface area contributed by atoms with Crippen molar-refractivity contribution >= 4 is 44.3 Å². The molecule has 1 aliphatic rings. The van der Waals surface area contributed by atoms with Crippen LogP contribution >= 0.6 is 11.6 Å². The minimum Gasteiger partial charge on any atom is -0.379 e. The summed E-state index contributed by atoms with van der Waals surface area (Å²) in [5.41, 5.74) is 1.70. The Morgan fingerprint density at radius 1 is 1.21 bits per heavy atom. The molecule has 176 valence electrons. The molecule has 8 nitrogen and oxygen atoms in total. The molecule has 2 aromatic carbocycles. The number of carbonyl (C=O) groups excluding carboxylic acids is 1. The first kappa shape index (κ1) is 23.6. The zero-order chi connectivity index (χ0) is 23.6. The van der Waals surface area contributed by atoms with E-state index < -0.39 is 15.8 Å². The van der Waals surface area contributed by atoms with Crippen LogP contribution in [0.1, 0.15) is 19.2 Å². The molecule has 1 fully saturated rings. The smallest absolute Gasteiger partial charge is 0.243 e. The van der Waals surface area contributed by atoms with E-state index >= 15 is 0 Å². The monoisotopic (exact) mass is 494 g/mol. The summed E-state index contributed by atoms with van der Waals surface area (Å²) in [4.78, 5) is 17.2. The number of hydrogen-bond acceptors (Lipinski definition) is 5. The highest BCUT2D eigenvalue weighted by atomic mass is 35.5. The molecule has 33 heavy (non-hydrogen) atoms. The molecule has 1 aliphatic heterocycles. The van der Waals surface area contributed by atoms with Crippen molar-refractivity contribution in [1.29, 1.82) is 0 Å². The van der Waals surface area contributed by atoms with Crippen molar-refractivity contribution < 1.29 is 22.3 Å². The van der Waals surface area contributed by atoms with Gasteiger partial charge in [-0.15, -0.1) is 0 Å². The fourth-order valence-corrected chi connectivity index (χ4v) is 5.47. The SMILES string of the molecule is CCn1c(CCC(=O)Nc2ccc(F)cc2Cl)nc2cc(S(=O)(=O)N3CCOCC3)ccc21. The summed E-state index contributed by atoms with van der Waals surface area (Å²) in [5.74, 6) is -0.0905. The van der Waals surface area contributed by atoms with Crippen molar-refractivity contribution in [1.82, 2.24) is 13.9 Å². The third-order valence-corrected chi connectivity index (χ3v) is 7.71. The van der Waals surface area contributed by atoms with Gasteiger partial charge in [-0.05, 0) is 43.3 Å². The van der Waals surface area contributed by atoms with Crippen LogP contribution in [0.4, 0.5) is 10.1 Å². The second-order valence-corrected chi connectivity index (χ2v) is 9.96. The van der Waals surface area contributed by atoms with Gasteiger partial charge in [-0.3, -0.25) is 4.79 Å². The van der Waals surface area contributed by atoms with Crippen molar-refractivity contribution in [2.75, 3.05) is 31.6 Å². The zero-order valence-corrected chi connectivity index (χ0v) is 19.6. The van der Waals surface area contributed by atoms with Gasteiger partial charge in [-0.1, -0.05) is 11.6 Å². The highest BCUT2D eigenvalue weighted by Gasteiger charge is 2.27. The molecule has 4 rings (SSSR count). The van der Waals surface area contributed by atoms with Crippen LogP contribution in [0.15, 0.2) is 41.3 Å². The Kier molecular flexibility index (Phi) is 6.99. The zero-order valence-electron chi connectivity index (χ0n) is 18.1. The number of sulfonamides is 1.